The minimum atomic E-state index is -0.304. The Bertz CT molecular complexity index is 687. The van der Waals surface area contributed by atoms with Crippen molar-refractivity contribution < 1.29 is 9.13 Å². The van der Waals surface area contributed by atoms with E-state index in [-0.39, 0.29) is 5.82 Å². The Labute approximate surface area is 141 Å². The van der Waals surface area contributed by atoms with Crippen molar-refractivity contribution in [3.05, 3.63) is 48.4 Å². The van der Waals surface area contributed by atoms with Crippen molar-refractivity contribution in [2.45, 2.75) is 25.3 Å². The third kappa shape index (κ3) is 3.67. The van der Waals surface area contributed by atoms with Crippen LogP contribution < -0.4 is 9.64 Å². The standard InChI is InChI=1S/C19H22FN3O/c20-15-3-1-4-17(13-15)24-18-7-8-19(21-14-18)23-10-2-9-22(11-12-23)16-5-6-16/h1,3-4,7-8,13-14,16H,2,5-6,9-12H2. The van der Waals surface area contributed by atoms with Gasteiger partial charge in [0.25, 0.3) is 0 Å². The Kier molecular flexibility index (Phi) is 4.34. The third-order valence-corrected chi connectivity index (χ3v) is 4.67. The predicted molar refractivity (Wildman–Crippen MR) is 92.1 cm³/mol. The highest BCUT2D eigenvalue weighted by Gasteiger charge is 2.30. The van der Waals surface area contributed by atoms with Crippen LogP contribution in [0.15, 0.2) is 42.6 Å². The number of hydrogen-bond acceptors (Lipinski definition) is 4. The molecule has 1 aromatic heterocycles. The van der Waals surface area contributed by atoms with Gasteiger partial charge in [0, 0.05) is 38.3 Å². The molecule has 0 spiro atoms. The Morgan fingerprint density at radius 1 is 1.00 bits per heavy atom. The predicted octanol–water partition coefficient (Wildman–Crippen LogP) is 3.69. The van der Waals surface area contributed by atoms with Crippen LogP contribution in [0, 0.1) is 5.82 Å². The minimum Gasteiger partial charge on any atom is -0.456 e. The van der Waals surface area contributed by atoms with E-state index in [0.717, 1.165) is 31.5 Å². The summed E-state index contributed by atoms with van der Waals surface area (Å²) in [5.74, 6) is 1.79. The summed E-state index contributed by atoms with van der Waals surface area (Å²) in [7, 11) is 0. The molecule has 0 atom stereocenters. The van der Waals surface area contributed by atoms with Crippen LogP contribution in [0.1, 0.15) is 19.3 Å². The van der Waals surface area contributed by atoms with Gasteiger partial charge in [-0.25, -0.2) is 9.37 Å². The first-order chi connectivity index (χ1) is 11.8. The van der Waals surface area contributed by atoms with Crippen LogP contribution in [0.25, 0.3) is 0 Å². The van der Waals surface area contributed by atoms with E-state index in [1.54, 1.807) is 18.3 Å². The summed E-state index contributed by atoms with van der Waals surface area (Å²) < 4.78 is 18.9. The van der Waals surface area contributed by atoms with E-state index >= 15 is 0 Å². The van der Waals surface area contributed by atoms with E-state index in [4.69, 9.17) is 4.74 Å². The van der Waals surface area contributed by atoms with Gasteiger partial charge in [-0.3, -0.25) is 4.90 Å². The summed E-state index contributed by atoms with van der Waals surface area (Å²) in [5, 5.41) is 0. The van der Waals surface area contributed by atoms with Crippen molar-refractivity contribution in [2.24, 2.45) is 0 Å². The molecule has 2 heterocycles. The van der Waals surface area contributed by atoms with Gasteiger partial charge >= 0.3 is 0 Å². The zero-order valence-electron chi connectivity index (χ0n) is 13.7. The van der Waals surface area contributed by atoms with Crippen molar-refractivity contribution in [3.8, 4) is 11.5 Å². The summed E-state index contributed by atoms with van der Waals surface area (Å²) in [6.45, 7) is 4.38. The second-order valence-electron chi connectivity index (χ2n) is 6.52. The van der Waals surface area contributed by atoms with Crippen molar-refractivity contribution >= 4 is 5.82 Å². The first-order valence-corrected chi connectivity index (χ1v) is 8.66. The molecule has 1 saturated carbocycles. The highest BCUT2D eigenvalue weighted by Crippen LogP contribution is 2.28. The van der Waals surface area contributed by atoms with Gasteiger partial charge in [0.15, 0.2) is 0 Å². The first-order valence-electron chi connectivity index (χ1n) is 8.66. The van der Waals surface area contributed by atoms with E-state index in [9.17, 15) is 4.39 Å². The molecule has 4 nitrogen and oxygen atoms in total. The molecule has 0 radical (unpaired) electrons. The largest absolute Gasteiger partial charge is 0.456 e. The van der Waals surface area contributed by atoms with Crippen LogP contribution in [-0.4, -0.2) is 42.1 Å². The second kappa shape index (κ2) is 6.77. The molecule has 0 unspecified atom stereocenters. The quantitative estimate of drug-likeness (QED) is 0.856. The van der Waals surface area contributed by atoms with Crippen LogP contribution in [0.4, 0.5) is 10.2 Å². The lowest BCUT2D eigenvalue weighted by Crippen LogP contribution is -2.32. The van der Waals surface area contributed by atoms with Crippen molar-refractivity contribution in [1.29, 1.82) is 0 Å². The second-order valence-corrected chi connectivity index (χ2v) is 6.52. The van der Waals surface area contributed by atoms with Crippen molar-refractivity contribution in [2.75, 3.05) is 31.1 Å². The molecule has 0 N–H and O–H groups in total. The SMILES string of the molecule is Fc1cccc(Oc2ccc(N3CCCN(C4CC4)CC3)nc2)c1. The Balaban J connectivity index is 1.39. The molecule has 4 rings (SSSR count). The maximum atomic E-state index is 13.2. The lowest BCUT2D eigenvalue weighted by atomic mass is 10.3. The van der Waals surface area contributed by atoms with Gasteiger partial charge in [0.05, 0.1) is 6.20 Å². The molecule has 1 aromatic carbocycles. The summed E-state index contributed by atoms with van der Waals surface area (Å²) in [6, 6.07) is 10.9. The van der Waals surface area contributed by atoms with E-state index < -0.39 is 0 Å². The molecule has 1 saturated heterocycles. The van der Waals surface area contributed by atoms with Crippen molar-refractivity contribution in [1.82, 2.24) is 9.88 Å². The lowest BCUT2D eigenvalue weighted by Gasteiger charge is -2.22. The molecule has 24 heavy (non-hydrogen) atoms. The summed E-state index contributed by atoms with van der Waals surface area (Å²) >= 11 is 0. The first kappa shape index (κ1) is 15.4. The maximum absolute atomic E-state index is 13.2. The third-order valence-electron chi connectivity index (χ3n) is 4.67. The number of benzene rings is 1. The molecule has 0 amide bonds. The highest BCUT2D eigenvalue weighted by atomic mass is 19.1. The fraction of sp³-hybridized carbons (Fsp3) is 0.421. The fourth-order valence-electron chi connectivity index (χ4n) is 3.26. The zero-order valence-corrected chi connectivity index (χ0v) is 13.7. The molecule has 2 fully saturated rings. The molecule has 2 aliphatic rings. The smallest absolute Gasteiger partial charge is 0.145 e. The molecule has 126 valence electrons. The van der Waals surface area contributed by atoms with Gasteiger partial charge in [-0.1, -0.05) is 6.07 Å². The van der Waals surface area contributed by atoms with Gasteiger partial charge in [-0.05, 0) is 43.5 Å². The van der Waals surface area contributed by atoms with E-state index in [1.807, 2.05) is 12.1 Å². The average Bonchev–Trinajstić information content (AvgIpc) is 3.42. The number of hydrogen-bond donors (Lipinski definition) is 0. The van der Waals surface area contributed by atoms with Crippen LogP contribution in [0.3, 0.4) is 0 Å². The normalized spacial score (nSPS) is 19.1. The number of anilines is 1. The van der Waals surface area contributed by atoms with Gasteiger partial charge in [0.1, 0.15) is 23.1 Å². The van der Waals surface area contributed by atoms with Gasteiger partial charge in [-0.15, -0.1) is 0 Å². The summed E-state index contributed by atoms with van der Waals surface area (Å²) in [5.41, 5.74) is 0. The van der Waals surface area contributed by atoms with Crippen LogP contribution in [0.2, 0.25) is 0 Å². The van der Waals surface area contributed by atoms with Gasteiger partial charge in [0.2, 0.25) is 0 Å². The number of pyridine rings is 1. The average molecular weight is 327 g/mol. The van der Waals surface area contributed by atoms with Gasteiger partial charge < -0.3 is 9.64 Å². The summed E-state index contributed by atoms with van der Waals surface area (Å²) in [4.78, 5) is 9.49. The molecule has 1 aliphatic carbocycles. The minimum absolute atomic E-state index is 0.304. The lowest BCUT2D eigenvalue weighted by molar-refractivity contribution is 0.283. The number of ether oxygens (including phenoxy) is 1. The molecule has 5 heteroatoms. The summed E-state index contributed by atoms with van der Waals surface area (Å²) in [6.07, 6.45) is 5.62. The fourth-order valence-corrected chi connectivity index (χ4v) is 3.26. The Hall–Kier alpha value is -2.14. The molecule has 1 aliphatic heterocycles. The Morgan fingerprint density at radius 2 is 1.92 bits per heavy atom. The zero-order chi connectivity index (χ0) is 16.4. The monoisotopic (exact) mass is 327 g/mol. The van der Waals surface area contributed by atoms with Crippen LogP contribution >= 0.6 is 0 Å². The molecule has 0 bridgehead atoms. The molecule has 2 aromatic rings. The van der Waals surface area contributed by atoms with Crippen LogP contribution in [0.5, 0.6) is 11.5 Å². The van der Waals surface area contributed by atoms with Gasteiger partial charge in [-0.2, -0.15) is 0 Å². The highest BCUT2D eigenvalue weighted by molar-refractivity contribution is 5.42. The number of halogens is 1. The molecular weight excluding hydrogens is 305 g/mol. The number of aromatic nitrogens is 1. The van der Waals surface area contributed by atoms with E-state index in [2.05, 4.69) is 14.8 Å². The molecular formula is C19H22FN3O. The van der Waals surface area contributed by atoms with E-state index in [1.165, 1.54) is 37.9 Å². The Morgan fingerprint density at radius 3 is 2.67 bits per heavy atom. The van der Waals surface area contributed by atoms with Crippen LogP contribution in [-0.2, 0) is 0 Å². The van der Waals surface area contributed by atoms with Crippen molar-refractivity contribution in [3.63, 3.8) is 0 Å². The van der Waals surface area contributed by atoms with E-state index in [0.29, 0.717) is 11.5 Å². The topological polar surface area (TPSA) is 28.6 Å². The maximum Gasteiger partial charge on any atom is 0.145 e. The number of rotatable bonds is 4. The number of nitrogens with zero attached hydrogens (tertiary/aromatic N) is 3.